The van der Waals surface area contributed by atoms with Gasteiger partial charge in [0.25, 0.3) is 0 Å². The van der Waals surface area contributed by atoms with Crippen molar-refractivity contribution in [1.82, 2.24) is 9.88 Å². The highest BCUT2D eigenvalue weighted by atomic mass is 15.2. The van der Waals surface area contributed by atoms with Crippen LogP contribution < -0.4 is 5.32 Å². The van der Waals surface area contributed by atoms with Gasteiger partial charge in [0.1, 0.15) is 5.82 Å². The van der Waals surface area contributed by atoms with E-state index in [-0.39, 0.29) is 0 Å². The van der Waals surface area contributed by atoms with E-state index >= 15 is 0 Å². The molecule has 3 nitrogen and oxygen atoms in total. The molecule has 2 atom stereocenters. The summed E-state index contributed by atoms with van der Waals surface area (Å²) >= 11 is 0. The molecule has 17 heavy (non-hydrogen) atoms. The fourth-order valence-corrected chi connectivity index (χ4v) is 3.41. The van der Waals surface area contributed by atoms with Crippen molar-refractivity contribution in [3.05, 3.63) is 24.4 Å². The molecule has 2 unspecified atom stereocenters. The molecule has 3 heteroatoms. The second-order valence-electron chi connectivity index (χ2n) is 5.48. The molecular formula is C14H21N3. The van der Waals surface area contributed by atoms with Crippen molar-refractivity contribution < 1.29 is 0 Å². The van der Waals surface area contributed by atoms with E-state index in [2.05, 4.69) is 22.2 Å². The standard InChI is InChI=1S/C14H21N3/c1-17-12-5-6-13(17)9-11(8-12)10-16-14-4-2-3-7-15-14/h2-4,7,11-13H,5-6,8-10H2,1H3,(H,15,16). The van der Waals surface area contributed by atoms with Crippen LogP contribution in [0.3, 0.4) is 0 Å². The van der Waals surface area contributed by atoms with Gasteiger partial charge in [0.2, 0.25) is 0 Å². The minimum Gasteiger partial charge on any atom is -0.370 e. The van der Waals surface area contributed by atoms with Gasteiger partial charge < -0.3 is 10.2 Å². The molecule has 2 saturated heterocycles. The molecule has 0 aliphatic carbocycles. The predicted octanol–water partition coefficient (Wildman–Crippen LogP) is 2.37. The SMILES string of the molecule is CN1C2CCC1CC(CNc1ccccn1)C2. The van der Waals surface area contributed by atoms with Crippen LogP contribution in [0.5, 0.6) is 0 Å². The third kappa shape index (κ3) is 2.29. The van der Waals surface area contributed by atoms with Crippen molar-refractivity contribution in [2.24, 2.45) is 5.92 Å². The minimum absolute atomic E-state index is 0.825. The van der Waals surface area contributed by atoms with Gasteiger partial charge in [-0.3, -0.25) is 0 Å². The molecule has 0 amide bonds. The fraction of sp³-hybridized carbons (Fsp3) is 0.643. The van der Waals surface area contributed by atoms with Crippen molar-refractivity contribution in [3.63, 3.8) is 0 Å². The number of nitrogens with one attached hydrogen (secondary N) is 1. The number of hydrogen-bond acceptors (Lipinski definition) is 3. The van der Waals surface area contributed by atoms with Gasteiger partial charge in [0.15, 0.2) is 0 Å². The van der Waals surface area contributed by atoms with Crippen molar-refractivity contribution in [2.75, 3.05) is 18.9 Å². The fourth-order valence-electron chi connectivity index (χ4n) is 3.41. The van der Waals surface area contributed by atoms with E-state index in [1.165, 1.54) is 25.7 Å². The highest BCUT2D eigenvalue weighted by Crippen LogP contribution is 2.37. The molecule has 2 bridgehead atoms. The Hall–Kier alpha value is -1.09. The van der Waals surface area contributed by atoms with E-state index < -0.39 is 0 Å². The molecular weight excluding hydrogens is 210 g/mol. The van der Waals surface area contributed by atoms with Gasteiger partial charge in [-0.1, -0.05) is 6.07 Å². The summed E-state index contributed by atoms with van der Waals surface area (Å²) in [5.74, 6) is 1.84. The predicted molar refractivity (Wildman–Crippen MR) is 70.0 cm³/mol. The molecule has 3 rings (SSSR count). The average Bonchev–Trinajstić information content (AvgIpc) is 2.61. The van der Waals surface area contributed by atoms with E-state index in [1.807, 2.05) is 24.4 Å². The molecule has 0 aromatic carbocycles. The van der Waals surface area contributed by atoms with Crippen LogP contribution in [-0.2, 0) is 0 Å². The summed E-state index contributed by atoms with van der Waals surface area (Å²) in [7, 11) is 2.30. The zero-order valence-electron chi connectivity index (χ0n) is 10.5. The van der Waals surface area contributed by atoms with Crippen LogP contribution >= 0.6 is 0 Å². The van der Waals surface area contributed by atoms with Crippen LogP contribution in [0.1, 0.15) is 25.7 Å². The van der Waals surface area contributed by atoms with Crippen LogP contribution in [0.2, 0.25) is 0 Å². The number of pyridine rings is 1. The lowest BCUT2D eigenvalue weighted by Crippen LogP contribution is -2.41. The van der Waals surface area contributed by atoms with Crippen LogP contribution in [0.15, 0.2) is 24.4 Å². The van der Waals surface area contributed by atoms with Crippen LogP contribution in [0.4, 0.5) is 5.82 Å². The zero-order valence-corrected chi connectivity index (χ0v) is 10.5. The zero-order chi connectivity index (χ0) is 11.7. The Morgan fingerprint density at radius 1 is 1.29 bits per heavy atom. The Morgan fingerprint density at radius 3 is 2.71 bits per heavy atom. The van der Waals surface area contributed by atoms with Crippen LogP contribution in [0, 0.1) is 5.92 Å². The number of rotatable bonds is 3. The summed E-state index contributed by atoms with van der Waals surface area (Å²) in [5, 5.41) is 3.47. The normalized spacial score (nSPS) is 32.6. The van der Waals surface area contributed by atoms with Gasteiger partial charge >= 0.3 is 0 Å². The molecule has 3 heterocycles. The lowest BCUT2D eigenvalue weighted by molar-refractivity contribution is 0.139. The topological polar surface area (TPSA) is 28.2 Å². The number of hydrogen-bond donors (Lipinski definition) is 1. The first kappa shape index (κ1) is 11.0. The van der Waals surface area contributed by atoms with Crippen LogP contribution in [0.25, 0.3) is 0 Å². The Labute approximate surface area is 103 Å². The molecule has 1 aromatic heterocycles. The van der Waals surface area contributed by atoms with E-state index in [1.54, 1.807) is 0 Å². The van der Waals surface area contributed by atoms with E-state index in [0.29, 0.717) is 0 Å². The van der Waals surface area contributed by atoms with Crippen molar-refractivity contribution >= 4 is 5.82 Å². The highest BCUT2D eigenvalue weighted by molar-refractivity contribution is 5.33. The largest absolute Gasteiger partial charge is 0.370 e. The number of anilines is 1. The van der Waals surface area contributed by atoms with Crippen molar-refractivity contribution in [1.29, 1.82) is 0 Å². The Kier molecular flexibility index (Phi) is 3.02. The monoisotopic (exact) mass is 231 g/mol. The third-order valence-corrected chi connectivity index (χ3v) is 4.43. The Bertz CT molecular complexity index is 351. The maximum atomic E-state index is 4.31. The molecule has 2 aliphatic rings. The molecule has 92 valence electrons. The van der Waals surface area contributed by atoms with E-state index in [4.69, 9.17) is 0 Å². The van der Waals surface area contributed by atoms with Gasteiger partial charge in [-0.25, -0.2) is 4.98 Å². The third-order valence-electron chi connectivity index (χ3n) is 4.43. The maximum absolute atomic E-state index is 4.31. The molecule has 0 saturated carbocycles. The quantitative estimate of drug-likeness (QED) is 0.865. The summed E-state index contributed by atoms with van der Waals surface area (Å²) < 4.78 is 0. The molecule has 1 aromatic rings. The van der Waals surface area contributed by atoms with Crippen molar-refractivity contribution in [2.45, 2.75) is 37.8 Å². The van der Waals surface area contributed by atoms with Crippen LogP contribution in [-0.4, -0.2) is 35.6 Å². The van der Waals surface area contributed by atoms with Gasteiger partial charge in [-0.15, -0.1) is 0 Å². The Balaban J connectivity index is 1.54. The lowest BCUT2D eigenvalue weighted by atomic mass is 9.91. The van der Waals surface area contributed by atoms with Gasteiger partial charge in [-0.05, 0) is 50.8 Å². The minimum atomic E-state index is 0.825. The number of nitrogens with zero attached hydrogens (tertiary/aromatic N) is 2. The first-order chi connectivity index (χ1) is 8.33. The van der Waals surface area contributed by atoms with Crippen molar-refractivity contribution in [3.8, 4) is 0 Å². The summed E-state index contributed by atoms with van der Waals surface area (Å²) in [6, 6.07) is 7.71. The van der Waals surface area contributed by atoms with Gasteiger partial charge in [0, 0.05) is 24.8 Å². The molecule has 2 fully saturated rings. The number of piperidine rings is 1. The Morgan fingerprint density at radius 2 is 2.06 bits per heavy atom. The summed E-state index contributed by atoms with van der Waals surface area (Å²) in [6.45, 7) is 1.08. The highest BCUT2D eigenvalue weighted by Gasteiger charge is 2.37. The van der Waals surface area contributed by atoms with E-state index in [0.717, 1.165) is 30.4 Å². The number of aromatic nitrogens is 1. The van der Waals surface area contributed by atoms with Gasteiger partial charge in [0.05, 0.1) is 0 Å². The molecule has 2 aliphatic heterocycles. The van der Waals surface area contributed by atoms with E-state index in [9.17, 15) is 0 Å². The second kappa shape index (κ2) is 4.65. The first-order valence-electron chi connectivity index (χ1n) is 6.70. The molecule has 0 radical (unpaired) electrons. The maximum Gasteiger partial charge on any atom is 0.125 e. The summed E-state index contributed by atoms with van der Waals surface area (Å²) in [4.78, 5) is 6.90. The molecule has 0 spiro atoms. The lowest BCUT2D eigenvalue weighted by Gasteiger charge is -2.36. The van der Waals surface area contributed by atoms with Gasteiger partial charge in [-0.2, -0.15) is 0 Å². The number of fused-ring (bicyclic) bond motifs is 2. The smallest absolute Gasteiger partial charge is 0.125 e. The average molecular weight is 231 g/mol. The summed E-state index contributed by atoms with van der Waals surface area (Å²) in [5.41, 5.74) is 0. The molecule has 1 N–H and O–H groups in total. The first-order valence-corrected chi connectivity index (χ1v) is 6.70. The second-order valence-corrected chi connectivity index (χ2v) is 5.48. The summed E-state index contributed by atoms with van der Waals surface area (Å²) in [6.07, 6.45) is 7.36.